The van der Waals surface area contributed by atoms with Crippen molar-refractivity contribution in [3.63, 3.8) is 0 Å². The molecule has 74 valence electrons. The fourth-order valence-electron chi connectivity index (χ4n) is 0.721. The highest BCUT2D eigenvalue weighted by atomic mass is 16.6. The van der Waals surface area contributed by atoms with E-state index in [1.807, 2.05) is 6.92 Å². The van der Waals surface area contributed by atoms with Gasteiger partial charge < -0.3 is 9.47 Å². The van der Waals surface area contributed by atoms with E-state index < -0.39 is 12.1 Å². The third kappa shape index (κ3) is 5.21. The second kappa shape index (κ2) is 7.56. The van der Waals surface area contributed by atoms with Crippen LogP contribution in [0.4, 0.5) is 0 Å². The number of esters is 1. The molecule has 0 amide bonds. The van der Waals surface area contributed by atoms with Gasteiger partial charge in [-0.25, -0.2) is 4.79 Å². The third-order valence-corrected chi connectivity index (χ3v) is 1.40. The minimum atomic E-state index is -1.06. The highest BCUT2D eigenvalue weighted by Gasteiger charge is 2.18. The molecule has 4 nitrogen and oxygen atoms in total. The molecular weight excluding hydrogens is 170 g/mol. The number of carbonyl (C=O) groups is 1. The average Bonchev–Trinajstić information content (AvgIpc) is 2.13. The Balaban J connectivity index is 3.76. The van der Waals surface area contributed by atoms with E-state index in [1.54, 1.807) is 13.0 Å². The summed E-state index contributed by atoms with van der Waals surface area (Å²) in [6, 6.07) is 1.75. The van der Waals surface area contributed by atoms with E-state index >= 15 is 0 Å². The van der Waals surface area contributed by atoms with Crippen molar-refractivity contribution in [2.75, 3.05) is 13.2 Å². The predicted molar refractivity (Wildman–Crippen MR) is 46.9 cm³/mol. The molecule has 0 saturated carbocycles. The predicted octanol–water partition coefficient (Wildman–Crippen LogP) is 1.26. The first kappa shape index (κ1) is 11.9. The van der Waals surface area contributed by atoms with E-state index in [9.17, 15) is 4.79 Å². The molecule has 0 radical (unpaired) electrons. The zero-order chi connectivity index (χ0) is 10.1. The molecular formula is C9H15NO3. The summed E-state index contributed by atoms with van der Waals surface area (Å²) in [5, 5.41) is 8.55. The van der Waals surface area contributed by atoms with Crippen LogP contribution in [0.15, 0.2) is 0 Å². The average molecular weight is 185 g/mol. The van der Waals surface area contributed by atoms with Crippen LogP contribution in [0, 0.1) is 11.3 Å². The Kier molecular flexibility index (Phi) is 6.93. The summed E-state index contributed by atoms with van der Waals surface area (Å²) in [6.07, 6.45) is 0.755. The minimum Gasteiger partial charge on any atom is -0.463 e. The van der Waals surface area contributed by atoms with Crippen LogP contribution in [0.1, 0.15) is 26.7 Å². The Morgan fingerprint density at radius 1 is 1.54 bits per heavy atom. The SMILES string of the molecule is CCCCOC(C#N)C(=O)OCC. The molecule has 0 aromatic carbocycles. The summed E-state index contributed by atoms with van der Waals surface area (Å²) in [6.45, 7) is 4.40. The van der Waals surface area contributed by atoms with Crippen molar-refractivity contribution in [2.24, 2.45) is 0 Å². The molecule has 0 N–H and O–H groups in total. The molecule has 0 fully saturated rings. The van der Waals surface area contributed by atoms with Gasteiger partial charge in [-0.1, -0.05) is 13.3 Å². The van der Waals surface area contributed by atoms with Crippen LogP contribution in [0.5, 0.6) is 0 Å². The van der Waals surface area contributed by atoms with Gasteiger partial charge in [-0.15, -0.1) is 0 Å². The maximum Gasteiger partial charge on any atom is 0.350 e. The van der Waals surface area contributed by atoms with Gasteiger partial charge in [0, 0.05) is 6.61 Å². The van der Waals surface area contributed by atoms with Gasteiger partial charge in [-0.3, -0.25) is 0 Å². The lowest BCUT2D eigenvalue weighted by atomic mass is 10.3. The highest BCUT2D eigenvalue weighted by molar-refractivity contribution is 5.77. The van der Waals surface area contributed by atoms with Gasteiger partial charge in [0.05, 0.1) is 6.61 Å². The van der Waals surface area contributed by atoms with Crippen molar-refractivity contribution in [1.29, 1.82) is 5.26 Å². The van der Waals surface area contributed by atoms with Crippen molar-refractivity contribution in [2.45, 2.75) is 32.8 Å². The van der Waals surface area contributed by atoms with Gasteiger partial charge in [0.25, 0.3) is 0 Å². The molecule has 0 aliphatic rings. The fourth-order valence-corrected chi connectivity index (χ4v) is 0.721. The second-order valence-corrected chi connectivity index (χ2v) is 2.49. The quantitative estimate of drug-likeness (QED) is 0.461. The van der Waals surface area contributed by atoms with Gasteiger partial charge in [0.15, 0.2) is 0 Å². The summed E-state index contributed by atoms with van der Waals surface area (Å²) >= 11 is 0. The number of carbonyl (C=O) groups excluding carboxylic acids is 1. The Morgan fingerprint density at radius 2 is 2.23 bits per heavy atom. The summed E-state index contributed by atoms with van der Waals surface area (Å²) in [5.41, 5.74) is 0. The van der Waals surface area contributed by atoms with E-state index in [1.165, 1.54) is 0 Å². The largest absolute Gasteiger partial charge is 0.463 e. The van der Waals surface area contributed by atoms with Crippen LogP contribution in [0.2, 0.25) is 0 Å². The Bertz CT molecular complexity index is 186. The van der Waals surface area contributed by atoms with Crippen LogP contribution in [-0.4, -0.2) is 25.3 Å². The summed E-state index contributed by atoms with van der Waals surface area (Å²) in [4.78, 5) is 11.0. The normalized spacial score (nSPS) is 11.8. The molecule has 0 saturated heterocycles. The fraction of sp³-hybridized carbons (Fsp3) is 0.778. The summed E-state index contributed by atoms with van der Waals surface area (Å²) in [5.74, 6) is -0.596. The van der Waals surface area contributed by atoms with E-state index in [0.717, 1.165) is 12.8 Å². The monoisotopic (exact) mass is 185 g/mol. The molecule has 1 atom stereocenters. The van der Waals surface area contributed by atoms with Crippen molar-refractivity contribution in [3.8, 4) is 6.07 Å². The first-order valence-corrected chi connectivity index (χ1v) is 4.44. The van der Waals surface area contributed by atoms with Crippen LogP contribution in [-0.2, 0) is 14.3 Å². The lowest BCUT2D eigenvalue weighted by molar-refractivity contribution is -0.152. The Hall–Kier alpha value is -1.08. The van der Waals surface area contributed by atoms with E-state index in [4.69, 9.17) is 10.00 Å². The molecule has 0 heterocycles. The molecule has 1 unspecified atom stereocenters. The lowest BCUT2D eigenvalue weighted by Crippen LogP contribution is -2.25. The molecule has 0 bridgehead atoms. The molecule has 0 aliphatic heterocycles. The maximum absolute atomic E-state index is 11.0. The molecule has 0 spiro atoms. The zero-order valence-corrected chi connectivity index (χ0v) is 8.08. The topological polar surface area (TPSA) is 59.3 Å². The van der Waals surface area contributed by atoms with E-state index in [0.29, 0.717) is 6.61 Å². The first-order valence-electron chi connectivity index (χ1n) is 4.44. The van der Waals surface area contributed by atoms with Crippen molar-refractivity contribution in [1.82, 2.24) is 0 Å². The van der Waals surface area contributed by atoms with Crippen LogP contribution < -0.4 is 0 Å². The standard InChI is InChI=1S/C9H15NO3/c1-3-5-6-13-8(7-10)9(11)12-4-2/h8H,3-6H2,1-2H3. The Morgan fingerprint density at radius 3 is 2.69 bits per heavy atom. The third-order valence-electron chi connectivity index (χ3n) is 1.40. The molecule has 0 aromatic heterocycles. The molecule has 0 rings (SSSR count). The van der Waals surface area contributed by atoms with Crippen LogP contribution >= 0.6 is 0 Å². The second-order valence-electron chi connectivity index (χ2n) is 2.49. The Labute approximate surface area is 78.4 Å². The molecule has 4 heteroatoms. The molecule has 0 aliphatic carbocycles. The van der Waals surface area contributed by atoms with Crippen LogP contribution in [0.3, 0.4) is 0 Å². The number of ether oxygens (including phenoxy) is 2. The van der Waals surface area contributed by atoms with Crippen molar-refractivity contribution < 1.29 is 14.3 Å². The first-order chi connectivity index (χ1) is 6.26. The molecule has 0 aromatic rings. The highest BCUT2D eigenvalue weighted by Crippen LogP contribution is 1.97. The summed E-state index contributed by atoms with van der Waals surface area (Å²) < 4.78 is 9.65. The lowest BCUT2D eigenvalue weighted by Gasteiger charge is -2.08. The molecule has 13 heavy (non-hydrogen) atoms. The number of hydrogen-bond acceptors (Lipinski definition) is 4. The van der Waals surface area contributed by atoms with Crippen molar-refractivity contribution >= 4 is 5.97 Å². The number of rotatable bonds is 6. The number of hydrogen-bond donors (Lipinski definition) is 0. The summed E-state index contributed by atoms with van der Waals surface area (Å²) in [7, 11) is 0. The van der Waals surface area contributed by atoms with Crippen LogP contribution in [0.25, 0.3) is 0 Å². The van der Waals surface area contributed by atoms with E-state index in [2.05, 4.69) is 4.74 Å². The van der Waals surface area contributed by atoms with E-state index in [-0.39, 0.29) is 6.61 Å². The minimum absolute atomic E-state index is 0.272. The van der Waals surface area contributed by atoms with Gasteiger partial charge in [0.2, 0.25) is 6.10 Å². The van der Waals surface area contributed by atoms with Gasteiger partial charge >= 0.3 is 5.97 Å². The van der Waals surface area contributed by atoms with Gasteiger partial charge in [-0.2, -0.15) is 5.26 Å². The smallest absolute Gasteiger partial charge is 0.350 e. The number of nitrogens with zero attached hydrogens (tertiary/aromatic N) is 1. The van der Waals surface area contributed by atoms with Crippen molar-refractivity contribution in [3.05, 3.63) is 0 Å². The van der Waals surface area contributed by atoms with Gasteiger partial charge in [-0.05, 0) is 13.3 Å². The maximum atomic E-state index is 11.0. The number of nitriles is 1. The van der Waals surface area contributed by atoms with Gasteiger partial charge in [0.1, 0.15) is 6.07 Å². The number of unbranched alkanes of at least 4 members (excludes halogenated alkanes) is 1. The zero-order valence-electron chi connectivity index (χ0n) is 8.08.